The Morgan fingerprint density at radius 1 is 0.963 bits per heavy atom. The Balaban J connectivity index is 1.92. The van der Waals surface area contributed by atoms with Crippen molar-refractivity contribution in [1.29, 1.82) is 0 Å². The molecule has 27 heavy (non-hydrogen) atoms. The molecule has 2 atom stereocenters. The van der Waals surface area contributed by atoms with E-state index in [1.54, 1.807) is 38.4 Å². The molecule has 2 aromatic carbocycles. The number of para-hydroxylation sites is 2. The Kier molecular flexibility index (Phi) is 3.85. The van der Waals surface area contributed by atoms with Crippen LogP contribution in [-0.2, 0) is 24.1 Å². The molecule has 8 heteroatoms. The van der Waals surface area contributed by atoms with Crippen LogP contribution in [0.1, 0.15) is 13.8 Å². The lowest BCUT2D eigenvalue weighted by molar-refractivity contribution is 0.559. The number of aryl methyl sites for hydroxylation is 2. The second-order valence-electron chi connectivity index (χ2n) is 7.04. The van der Waals surface area contributed by atoms with Crippen LogP contribution in [0.15, 0.2) is 52.2 Å². The van der Waals surface area contributed by atoms with Crippen molar-refractivity contribution in [3.63, 3.8) is 0 Å². The van der Waals surface area contributed by atoms with Crippen LogP contribution < -0.4 is 15.3 Å². The summed E-state index contributed by atoms with van der Waals surface area (Å²) in [5.74, 6) is 0. The van der Waals surface area contributed by atoms with Gasteiger partial charge in [0.15, 0.2) is 0 Å². The maximum absolute atomic E-state index is 13.6. The highest BCUT2D eigenvalue weighted by molar-refractivity contribution is 7.92. The number of benzene rings is 2. The van der Waals surface area contributed by atoms with Crippen LogP contribution in [0.4, 0.5) is 11.4 Å². The number of aromatic nitrogens is 2. The monoisotopic (exact) mass is 386 g/mol. The third-order valence-electron chi connectivity index (χ3n) is 5.42. The van der Waals surface area contributed by atoms with Crippen LogP contribution in [0.2, 0.25) is 0 Å². The number of anilines is 2. The van der Waals surface area contributed by atoms with Gasteiger partial charge in [0.25, 0.3) is 10.0 Å². The fraction of sp³-hybridized carbons (Fsp3) is 0.316. The van der Waals surface area contributed by atoms with Crippen molar-refractivity contribution in [3.8, 4) is 0 Å². The lowest BCUT2D eigenvalue weighted by Gasteiger charge is -2.40. The Labute approximate surface area is 157 Å². The van der Waals surface area contributed by atoms with E-state index in [2.05, 4.69) is 5.32 Å². The molecule has 0 bridgehead atoms. The van der Waals surface area contributed by atoms with Gasteiger partial charge in [0.1, 0.15) is 0 Å². The van der Waals surface area contributed by atoms with Gasteiger partial charge in [-0.3, -0.25) is 13.4 Å². The van der Waals surface area contributed by atoms with Gasteiger partial charge in [-0.05, 0) is 44.2 Å². The summed E-state index contributed by atoms with van der Waals surface area (Å²) >= 11 is 0. The van der Waals surface area contributed by atoms with Crippen molar-refractivity contribution >= 4 is 32.4 Å². The first-order valence-electron chi connectivity index (χ1n) is 8.79. The summed E-state index contributed by atoms with van der Waals surface area (Å²) in [6.07, 6.45) is 0. The van der Waals surface area contributed by atoms with E-state index in [9.17, 15) is 13.2 Å². The molecule has 0 fully saturated rings. The number of fused-ring (bicyclic) bond motifs is 2. The summed E-state index contributed by atoms with van der Waals surface area (Å²) in [6.45, 7) is 3.86. The summed E-state index contributed by atoms with van der Waals surface area (Å²) in [5, 5.41) is 3.36. The molecule has 4 rings (SSSR count). The highest BCUT2D eigenvalue weighted by atomic mass is 32.2. The first-order valence-corrected chi connectivity index (χ1v) is 10.2. The standard InChI is InChI=1S/C19H22N4O3S/c1-12-13(2)23(16-8-6-5-7-15(16)20-12)27(25,26)14-9-10-17-18(11-14)22(4)19(24)21(17)3/h5-13,20H,1-4H3/t12-,13+/m1/s1. The fourth-order valence-electron chi connectivity index (χ4n) is 3.69. The SMILES string of the molecule is C[C@H]1Nc2ccccc2N(S(=O)(=O)c2ccc3c(c2)n(C)c(=O)n3C)[C@H]1C. The van der Waals surface area contributed by atoms with E-state index in [-0.39, 0.29) is 22.7 Å². The summed E-state index contributed by atoms with van der Waals surface area (Å²) < 4.78 is 31.6. The van der Waals surface area contributed by atoms with E-state index in [0.717, 1.165) is 5.69 Å². The maximum Gasteiger partial charge on any atom is 0.328 e. The topological polar surface area (TPSA) is 76.3 Å². The van der Waals surface area contributed by atoms with E-state index >= 15 is 0 Å². The van der Waals surface area contributed by atoms with Crippen LogP contribution in [-0.4, -0.2) is 29.6 Å². The average Bonchev–Trinajstić information content (AvgIpc) is 2.86. The van der Waals surface area contributed by atoms with E-state index in [0.29, 0.717) is 16.7 Å². The molecule has 0 saturated carbocycles. The van der Waals surface area contributed by atoms with Gasteiger partial charge in [-0.1, -0.05) is 12.1 Å². The first-order chi connectivity index (χ1) is 12.7. The fourth-order valence-corrected chi connectivity index (χ4v) is 5.45. The number of hydrogen-bond donors (Lipinski definition) is 1. The largest absolute Gasteiger partial charge is 0.379 e. The number of hydrogen-bond acceptors (Lipinski definition) is 4. The van der Waals surface area contributed by atoms with Gasteiger partial charge in [0.2, 0.25) is 0 Å². The van der Waals surface area contributed by atoms with Crippen molar-refractivity contribution in [1.82, 2.24) is 9.13 Å². The van der Waals surface area contributed by atoms with Gasteiger partial charge in [0, 0.05) is 20.1 Å². The molecule has 0 spiro atoms. The van der Waals surface area contributed by atoms with Crippen LogP contribution in [0.3, 0.4) is 0 Å². The van der Waals surface area contributed by atoms with Gasteiger partial charge in [0.05, 0.1) is 33.3 Å². The minimum atomic E-state index is -3.80. The Hall–Kier alpha value is -2.74. The predicted molar refractivity (Wildman–Crippen MR) is 107 cm³/mol. The number of imidazole rings is 1. The molecule has 7 nitrogen and oxygen atoms in total. The molecule has 1 aliphatic heterocycles. The quantitative estimate of drug-likeness (QED) is 0.733. The third kappa shape index (κ3) is 2.47. The number of nitrogens with zero attached hydrogens (tertiary/aromatic N) is 3. The van der Waals surface area contributed by atoms with Crippen molar-refractivity contribution < 1.29 is 8.42 Å². The van der Waals surface area contributed by atoms with Crippen LogP contribution in [0.25, 0.3) is 11.0 Å². The van der Waals surface area contributed by atoms with Gasteiger partial charge in [-0.25, -0.2) is 13.2 Å². The van der Waals surface area contributed by atoms with E-state index in [4.69, 9.17) is 0 Å². The second kappa shape index (κ2) is 5.88. The molecule has 1 aromatic heterocycles. The van der Waals surface area contributed by atoms with Gasteiger partial charge < -0.3 is 5.32 Å². The molecule has 1 N–H and O–H groups in total. The highest BCUT2D eigenvalue weighted by Crippen LogP contribution is 2.38. The molecule has 142 valence electrons. The van der Waals surface area contributed by atoms with E-state index in [1.165, 1.54) is 13.4 Å². The summed E-state index contributed by atoms with van der Waals surface area (Å²) in [5.41, 5.74) is 2.52. The van der Waals surface area contributed by atoms with E-state index < -0.39 is 10.0 Å². The summed E-state index contributed by atoms with van der Waals surface area (Å²) in [6, 6.07) is 11.9. The molecule has 0 saturated heterocycles. The number of rotatable bonds is 2. The van der Waals surface area contributed by atoms with Crippen LogP contribution >= 0.6 is 0 Å². The van der Waals surface area contributed by atoms with Crippen molar-refractivity contribution in [2.24, 2.45) is 14.1 Å². The van der Waals surface area contributed by atoms with Crippen LogP contribution in [0.5, 0.6) is 0 Å². The van der Waals surface area contributed by atoms with Gasteiger partial charge in [-0.2, -0.15) is 0 Å². The highest BCUT2D eigenvalue weighted by Gasteiger charge is 2.37. The van der Waals surface area contributed by atoms with Gasteiger partial charge in [-0.15, -0.1) is 0 Å². The molecule has 0 unspecified atom stereocenters. The predicted octanol–water partition coefficient (Wildman–Crippen LogP) is 2.27. The summed E-state index contributed by atoms with van der Waals surface area (Å²) in [4.78, 5) is 12.3. The molecule has 1 aliphatic rings. The smallest absolute Gasteiger partial charge is 0.328 e. The van der Waals surface area contributed by atoms with Crippen molar-refractivity contribution in [2.45, 2.75) is 30.8 Å². The minimum Gasteiger partial charge on any atom is -0.379 e. The molecular formula is C19H22N4O3S. The summed E-state index contributed by atoms with van der Waals surface area (Å²) in [7, 11) is -0.480. The average molecular weight is 386 g/mol. The normalized spacial score (nSPS) is 19.8. The molecule has 0 radical (unpaired) electrons. The zero-order valence-corrected chi connectivity index (χ0v) is 16.5. The van der Waals surface area contributed by atoms with Crippen molar-refractivity contribution in [3.05, 3.63) is 52.9 Å². The Bertz CT molecular complexity index is 1210. The van der Waals surface area contributed by atoms with E-state index in [1.807, 2.05) is 32.0 Å². The Morgan fingerprint density at radius 3 is 2.37 bits per heavy atom. The molecule has 3 aromatic rings. The molecular weight excluding hydrogens is 364 g/mol. The maximum atomic E-state index is 13.6. The van der Waals surface area contributed by atoms with Crippen molar-refractivity contribution in [2.75, 3.05) is 9.62 Å². The van der Waals surface area contributed by atoms with Gasteiger partial charge >= 0.3 is 5.69 Å². The third-order valence-corrected chi connectivity index (χ3v) is 7.32. The Morgan fingerprint density at radius 2 is 1.63 bits per heavy atom. The first kappa shape index (κ1) is 17.7. The number of nitrogens with one attached hydrogen (secondary N) is 1. The minimum absolute atomic E-state index is 0.0421. The molecule has 0 aliphatic carbocycles. The lowest BCUT2D eigenvalue weighted by atomic mass is 10.1. The molecule has 2 heterocycles. The molecule has 0 amide bonds. The second-order valence-corrected chi connectivity index (χ2v) is 8.86. The van der Waals surface area contributed by atoms with Crippen LogP contribution in [0, 0.1) is 0 Å². The zero-order chi connectivity index (χ0) is 19.5. The lowest BCUT2D eigenvalue weighted by Crippen LogP contribution is -2.50. The zero-order valence-electron chi connectivity index (χ0n) is 15.7. The number of sulfonamides is 1.